The molecule has 0 fully saturated rings. The van der Waals surface area contributed by atoms with E-state index in [0.717, 1.165) is 16.7 Å². The van der Waals surface area contributed by atoms with Gasteiger partial charge in [-0.05, 0) is 12.5 Å². The molecule has 0 aromatic heterocycles. The fourth-order valence-corrected chi connectivity index (χ4v) is 1.14. The van der Waals surface area contributed by atoms with Gasteiger partial charge in [0.1, 0.15) is 0 Å². The van der Waals surface area contributed by atoms with Crippen LogP contribution in [-0.2, 0) is 0 Å². The number of carbonyl (C=O) groups is 1. The van der Waals surface area contributed by atoms with Gasteiger partial charge >= 0.3 is 0 Å². The van der Waals surface area contributed by atoms with Gasteiger partial charge < -0.3 is 0 Å². The van der Waals surface area contributed by atoms with Crippen molar-refractivity contribution in [1.29, 1.82) is 0 Å². The third-order valence-electron chi connectivity index (χ3n) is 2.02. The summed E-state index contributed by atoms with van der Waals surface area (Å²) in [5.74, 6) is 0.188. The summed E-state index contributed by atoms with van der Waals surface area (Å²) in [6, 6.07) is 7.59. The van der Waals surface area contributed by atoms with Gasteiger partial charge in [-0.2, -0.15) is 0 Å². The number of hydrogen-bond donors (Lipinski definition) is 0. The second-order valence-corrected chi connectivity index (χ2v) is 3.13. The lowest BCUT2D eigenvalue weighted by molar-refractivity contribution is 0.0988. The zero-order valence-corrected chi connectivity index (χ0v) is 8.13. The Labute approximate surface area is 79.1 Å². The van der Waals surface area contributed by atoms with Gasteiger partial charge in [0.2, 0.25) is 0 Å². The zero-order valence-electron chi connectivity index (χ0n) is 8.13. The molecule has 0 unspecified atom stereocenters. The van der Waals surface area contributed by atoms with Gasteiger partial charge in [0.25, 0.3) is 0 Å². The third kappa shape index (κ3) is 2.28. The number of rotatable bonds is 3. The summed E-state index contributed by atoms with van der Waals surface area (Å²) in [5, 5.41) is 0. The number of carbonyl (C=O) groups excluding carboxylic acids is 1. The molecule has 1 rings (SSSR count). The molecule has 0 heterocycles. The molecule has 1 aromatic carbocycles. The van der Waals surface area contributed by atoms with E-state index in [1.165, 1.54) is 0 Å². The highest BCUT2D eigenvalue weighted by Gasteiger charge is 2.01. The van der Waals surface area contributed by atoms with Gasteiger partial charge in [-0.25, -0.2) is 0 Å². The third-order valence-corrected chi connectivity index (χ3v) is 2.02. The fraction of sp³-hybridized carbons (Fsp3) is 0.250. The van der Waals surface area contributed by atoms with Crippen LogP contribution in [0.5, 0.6) is 0 Å². The van der Waals surface area contributed by atoms with E-state index in [0.29, 0.717) is 6.42 Å². The minimum absolute atomic E-state index is 0.188. The standard InChI is InChI=1S/C12H14O/c1-4-12(13)11-7-5-10(6-8-11)9(2)3/h5-8H,2,4H2,1,3H3. The van der Waals surface area contributed by atoms with Crippen LogP contribution in [0.2, 0.25) is 0 Å². The Hall–Kier alpha value is -1.37. The summed E-state index contributed by atoms with van der Waals surface area (Å²) >= 11 is 0. The lowest BCUT2D eigenvalue weighted by atomic mass is 10.0. The molecule has 1 aromatic rings. The highest BCUT2D eigenvalue weighted by atomic mass is 16.1. The second kappa shape index (κ2) is 4.04. The van der Waals surface area contributed by atoms with Crippen LogP contribution < -0.4 is 0 Å². The van der Waals surface area contributed by atoms with E-state index in [4.69, 9.17) is 0 Å². The Morgan fingerprint density at radius 1 is 1.23 bits per heavy atom. The smallest absolute Gasteiger partial charge is 0.162 e. The molecular formula is C12H14O. The first-order valence-corrected chi connectivity index (χ1v) is 4.44. The van der Waals surface area contributed by atoms with Crippen LogP contribution in [0.3, 0.4) is 0 Å². The van der Waals surface area contributed by atoms with E-state index in [9.17, 15) is 4.79 Å². The van der Waals surface area contributed by atoms with Crippen LogP contribution in [0.15, 0.2) is 30.8 Å². The second-order valence-electron chi connectivity index (χ2n) is 3.13. The Balaban J connectivity index is 2.93. The predicted molar refractivity (Wildman–Crippen MR) is 55.8 cm³/mol. The normalized spacial score (nSPS) is 9.69. The molecule has 1 nitrogen and oxygen atoms in total. The summed E-state index contributed by atoms with van der Waals surface area (Å²) in [6.45, 7) is 7.66. The van der Waals surface area contributed by atoms with Crippen LogP contribution in [0.1, 0.15) is 36.2 Å². The number of benzene rings is 1. The molecule has 0 N–H and O–H groups in total. The van der Waals surface area contributed by atoms with Crippen molar-refractivity contribution in [3.63, 3.8) is 0 Å². The Morgan fingerprint density at radius 2 is 1.69 bits per heavy atom. The van der Waals surface area contributed by atoms with Gasteiger partial charge in [-0.1, -0.05) is 43.3 Å². The van der Waals surface area contributed by atoms with Crippen LogP contribution in [0, 0.1) is 0 Å². The van der Waals surface area contributed by atoms with Gasteiger partial charge in [-0.3, -0.25) is 4.79 Å². The van der Waals surface area contributed by atoms with Crippen LogP contribution in [0.4, 0.5) is 0 Å². The largest absolute Gasteiger partial charge is 0.294 e. The van der Waals surface area contributed by atoms with E-state index in [2.05, 4.69) is 6.58 Å². The Kier molecular flexibility index (Phi) is 3.02. The number of allylic oxidation sites excluding steroid dienone is 1. The lowest BCUT2D eigenvalue weighted by Crippen LogP contribution is -1.95. The first kappa shape index (κ1) is 9.72. The Bertz CT molecular complexity index is 319. The summed E-state index contributed by atoms with van der Waals surface area (Å²) in [5.41, 5.74) is 2.90. The van der Waals surface area contributed by atoms with E-state index in [1.807, 2.05) is 38.1 Å². The highest BCUT2D eigenvalue weighted by Crippen LogP contribution is 2.13. The molecule has 0 atom stereocenters. The molecule has 0 saturated carbocycles. The minimum Gasteiger partial charge on any atom is -0.294 e. The summed E-state index contributed by atoms with van der Waals surface area (Å²) < 4.78 is 0. The fourth-order valence-electron chi connectivity index (χ4n) is 1.14. The average Bonchev–Trinajstić information content (AvgIpc) is 2.17. The monoisotopic (exact) mass is 174 g/mol. The van der Waals surface area contributed by atoms with Gasteiger partial charge in [0.05, 0.1) is 0 Å². The van der Waals surface area contributed by atoms with E-state index in [-0.39, 0.29) is 5.78 Å². The molecule has 13 heavy (non-hydrogen) atoms. The molecule has 0 aliphatic carbocycles. The Morgan fingerprint density at radius 3 is 2.08 bits per heavy atom. The quantitative estimate of drug-likeness (QED) is 0.642. The molecule has 0 radical (unpaired) electrons. The maximum Gasteiger partial charge on any atom is 0.162 e. The molecular weight excluding hydrogens is 160 g/mol. The van der Waals surface area contributed by atoms with Crippen LogP contribution in [0.25, 0.3) is 5.57 Å². The first-order valence-electron chi connectivity index (χ1n) is 4.44. The van der Waals surface area contributed by atoms with E-state index < -0.39 is 0 Å². The SMILES string of the molecule is C=C(C)c1ccc(C(=O)CC)cc1. The van der Waals surface area contributed by atoms with Crippen LogP contribution >= 0.6 is 0 Å². The van der Waals surface area contributed by atoms with Crippen molar-refractivity contribution >= 4 is 11.4 Å². The molecule has 68 valence electrons. The zero-order chi connectivity index (χ0) is 9.84. The topological polar surface area (TPSA) is 17.1 Å². The van der Waals surface area contributed by atoms with Crippen molar-refractivity contribution in [3.8, 4) is 0 Å². The number of hydrogen-bond acceptors (Lipinski definition) is 1. The van der Waals surface area contributed by atoms with Crippen molar-refractivity contribution in [2.75, 3.05) is 0 Å². The summed E-state index contributed by atoms with van der Waals surface area (Å²) in [7, 11) is 0. The van der Waals surface area contributed by atoms with Crippen molar-refractivity contribution in [2.45, 2.75) is 20.3 Å². The van der Waals surface area contributed by atoms with Gasteiger partial charge in [0, 0.05) is 12.0 Å². The average molecular weight is 174 g/mol. The molecule has 0 aliphatic rings. The van der Waals surface area contributed by atoms with Crippen molar-refractivity contribution in [3.05, 3.63) is 42.0 Å². The molecule has 0 spiro atoms. The molecule has 1 heteroatoms. The first-order chi connectivity index (χ1) is 6.15. The molecule has 0 aliphatic heterocycles. The maximum absolute atomic E-state index is 11.3. The summed E-state index contributed by atoms with van der Waals surface area (Å²) in [4.78, 5) is 11.3. The van der Waals surface area contributed by atoms with Crippen LogP contribution in [-0.4, -0.2) is 5.78 Å². The van der Waals surface area contributed by atoms with Crippen molar-refractivity contribution in [2.24, 2.45) is 0 Å². The minimum atomic E-state index is 0.188. The molecule has 0 saturated heterocycles. The summed E-state index contributed by atoms with van der Waals surface area (Å²) in [6.07, 6.45) is 0.562. The number of Topliss-reactive ketones (excluding diaryl/α,β-unsaturated/α-hetero) is 1. The molecule has 0 amide bonds. The van der Waals surface area contributed by atoms with Gasteiger partial charge in [0.15, 0.2) is 5.78 Å². The highest BCUT2D eigenvalue weighted by molar-refractivity contribution is 5.96. The van der Waals surface area contributed by atoms with Crippen molar-refractivity contribution in [1.82, 2.24) is 0 Å². The maximum atomic E-state index is 11.3. The van der Waals surface area contributed by atoms with Gasteiger partial charge in [-0.15, -0.1) is 0 Å². The predicted octanol–water partition coefficient (Wildman–Crippen LogP) is 3.31. The van der Waals surface area contributed by atoms with E-state index >= 15 is 0 Å². The van der Waals surface area contributed by atoms with E-state index in [1.54, 1.807) is 0 Å². The lowest BCUT2D eigenvalue weighted by Gasteiger charge is -2.01. The molecule has 0 bridgehead atoms. The van der Waals surface area contributed by atoms with Crippen molar-refractivity contribution < 1.29 is 4.79 Å². The number of ketones is 1.